The van der Waals surface area contributed by atoms with Gasteiger partial charge in [-0.25, -0.2) is 19.1 Å². The minimum Gasteiger partial charge on any atom is -0.498 e. The average molecular weight is 492 g/mol. The number of anilines is 2. The van der Waals surface area contributed by atoms with Crippen LogP contribution in [0.1, 0.15) is 24.1 Å². The molecule has 11 nitrogen and oxygen atoms in total. The summed E-state index contributed by atoms with van der Waals surface area (Å²) in [6.07, 6.45) is 7.82. The number of benzene rings is 1. The third-order valence-corrected chi connectivity index (χ3v) is 6.47. The fourth-order valence-electron chi connectivity index (χ4n) is 4.54. The van der Waals surface area contributed by atoms with Gasteiger partial charge < -0.3 is 25.5 Å². The van der Waals surface area contributed by atoms with E-state index < -0.39 is 11.4 Å². The van der Waals surface area contributed by atoms with E-state index in [4.69, 9.17) is 15.2 Å². The molecule has 0 spiro atoms. The molecule has 1 unspecified atom stereocenters. The number of H-pyrrole nitrogens is 1. The number of imidazole rings is 1. The number of fused-ring (bicyclic) bond motifs is 1. The first kappa shape index (κ1) is 23.5. The molecular formula is C25H29N7O4. The highest BCUT2D eigenvalue weighted by atomic mass is 16.5. The molecule has 2 aromatic heterocycles. The maximum Gasteiger partial charge on any atom is 0.355 e. The summed E-state index contributed by atoms with van der Waals surface area (Å²) in [6, 6.07) is 7.43. The number of nitrogen functional groups attached to an aromatic ring is 1. The number of aromatic amines is 1. The van der Waals surface area contributed by atoms with E-state index in [9.17, 15) is 9.59 Å². The fraction of sp³-hybridized carbons (Fsp3) is 0.360. The smallest absolute Gasteiger partial charge is 0.355 e. The van der Waals surface area contributed by atoms with Crippen LogP contribution in [0.2, 0.25) is 0 Å². The second-order valence-electron chi connectivity index (χ2n) is 8.92. The Hall–Kier alpha value is -4.28. The summed E-state index contributed by atoms with van der Waals surface area (Å²) in [6.45, 7) is 1.58. The highest BCUT2D eigenvalue weighted by molar-refractivity contribution is 5.31. The molecule has 36 heavy (non-hydrogen) atoms. The molecule has 3 aromatic rings. The van der Waals surface area contributed by atoms with E-state index in [1.54, 1.807) is 13.3 Å². The van der Waals surface area contributed by atoms with Crippen LogP contribution in [0.4, 0.5) is 11.9 Å². The zero-order valence-corrected chi connectivity index (χ0v) is 20.1. The van der Waals surface area contributed by atoms with Gasteiger partial charge in [0.15, 0.2) is 5.95 Å². The summed E-state index contributed by atoms with van der Waals surface area (Å²) in [5.41, 5.74) is 7.35. The average Bonchev–Trinajstić information content (AvgIpc) is 3.52. The van der Waals surface area contributed by atoms with E-state index in [2.05, 4.69) is 20.3 Å². The third-order valence-electron chi connectivity index (χ3n) is 6.47. The zero-order chi connectivity index (χ0) is 25.1. The number of hydrogen-bond donors (Lipinski definition) is 3. The number of allylic oxidation sites excluding steroid dienone is 4. The summed E-state index contributed by atoms with van der Waals surface area (Å²) in [4.78, 5) is 37.8. The molecule has 1 atom stereocenters. The van der Waals surface area contributed by atoms with Gasteiger partial charge in [-0.15, -0.1) is 0 Å². The van der Waals surface area contributed by atoms with Crippen molar-refractivity contribution in [1.29, 1.82) is 0 Å². The van der Waals surface area contributed by atoms with Gasteiger partial charge in [0, 0.05) is 24.6 Å². The van der Waals surface area contributed by atoms with Crippen molar-refractivity contribution in [3.63, 3.8) is 0 Å². The lowest BCUT2D eigenvalue weighted by molar-refractivity contribution is 0.258. The van der Waals surface area contributed by atoms with Crippen molar-refractivity contribution in [2.45, 2.75) is 32.4 Å². The van der Waals surface area contributed by atoms with E-state index in [1.165, 1.54) is 9.13 Å². The molecule has 1 saturated heterocycles. The first-order valence-corrected chi connectivity index (χ1v) is 11.9. The lowest BCUT2D eigenvalue weighted by atomic mass is 9.92. The second-order valence-corrected chi connectivity index (χ2v) is 8.92. The Bertz CT molecular complexity index is 1420. The molecule has 11 heteroatoms. The molecule has 1 aliphatic carbocycles. The van der Waals surface area contributed by atoms with Gasteiger partial charge in [-0.3, -0.25) is 4.57 Å². The van der Waals surface area contributed by atoms with Gasteiger partial charge in [-0.1, -0.05) is 18.2 Å². The standard InChI is InChI=1S/C25H29N7O4/c1-35-20-5-2-16(3-6-20)14-31-23(27-10-8-19-13-28-22(26)29-19)30-24(33)32(25(31)34)15-17-4-7-21-18(12-17)9-11-36-21/h2-7,13,18H,8-12,14-15H2,1H3,(H3,26,28,29)(H,27,30,33). The van der Waals surface area contributed by atoms with Gasteiger partial charge in [0.2, 0.25) is 5.95 Å². The van der Waals surface area contributed by atoms with Crippen molar-refractivity contribution in [1.82, 2.24) is 24.1 Å². The Morgan fingerprint density at radius 3 is 2.78 bits per heavy atom. The van der Waals surface area contributed by atoms with Crippen LogP contribution in [0.5, 0.6) is 5.75 Å². The van der Waals surface area contributed by atoms with Gasteiger partial charge in [-0.2, -0.15) is 4.98 Å². The monoisotopic (exact) mass is 491 g/mol. The minimum absolute atomic E-state index is 0.196. The molecule has 1 aliphatic heterocycles. The summed E-state index contributed by atoms with van der Waals surface area (Å²) in [5, 5.41) is 3.14. The Labute approximate surface area is 207 Å². The van der Waals surface area contributed by atoms with Crippen LogP contribution < -0.4 is 27.2 Å². The summed E-state index contributed by atoms with van der Waals surface area (Å²) in [5.74, 6) is 2.57. The molecule has 2 aliphatic rings. The zero-order valence-electron chi connectivity index (χ0n) is 20.1. The number of nitrogens with two attached hydrogens (primary N) is 1. The van der Waals surface area contributed by atoms with Crippen LogP contribution in [-0.2, 0) is 24.2 Å². The predicted octanol–water partition coefficient (Wildman–Crippen LogP) is 1.67. The van der Waals surface area contributed by atoms with Crippen LogP contribution in [0.3, 0.4) is 0 Å². The van der Waals surface area contributed by atoms with Crippen molar-refractivity contribution in [2.24, 2.45) is 5.92 Å². The largest absolute Gasteiger partial charge is 0.498 e. The van der Waals surface area contributed by atoms with E-state index in [1.807, 2.05) is 36.4 Å². The van der Waals surface area contributed by atoms with E-state index in [0.29, 0.717) is 31.4 Å². The molecule has 0 amide bonds. The van der Waals surface area contributed by atoms with Crippen LogP contribution in [0.15, 0.2) is 63.5 Å². The molecule has 5 rings (SSSR count). The number of ether oxygens (including phenoxy) is 2. The van der Waals surface area contributed by atoms with Crippen LogP contribution in [0.25, 0.3) is 0 Å². The summed E-state index contributed by atoms with van der Waals surface area (Å²) in [7, 11) is 1.60. The lowest BCUT2D eigenvalue weighted by Crippen LogP contribution is -2.43. The lowest BCUT2D eigenvalue weighted by Gasteiger charge is -2.19. The Kier molecular flexibility index (Phi) is 6.61. The molecule has 1 fully saturated rings. The predicted molar refractivity (Wildman–Crippen MR) is 135 cm³/mol. The highest BCUT2D eigenvalue weighted by Crippen LogP contribution is 2.34. The molecule has 0 saturated carbocycles. The SMILES string of the molecule is COc1ccc(Cn2c(NCCc3cnc(N)[nH]3)nc(=O)n(CC3=CC=C4OCCC4C3)c2=O)cc1. The normalized spacial score (nSPS) is 16.6. The number of nitrogens with zero attached hydrogens (tertiary/aromatic N) is 4. The number of aromatic nitrogens is 5. The number of hydrogen-bond acceptors (Lipinski definition) is 8. The molecule has 1 aromatic carbocycles. The van der Waals surface area contributed by atoms with E-state index in [0.717, 1.165) is 41.2 Å². The van der Waals surface area contributed by atoms with Crippen molar-refractivity contribution < 1.29 is 9.47 Å². The highest BCUT2D eigenvalue weighted by Gasteiger charge is 2.26. The molecule has 188 valence electrons. The first-order chi connectivity index (χ1) is 17.5. The third kappa shape index (κ3) is 5.04. The number of methoxy groups -OCH3 is 1. The minimum atomic E-state index is -0.586. The summed E-state index contributed by atoms with van der Waals surface area (Å²) < 4.78 is 13.6. The Morgan fingerprint density at radius 2 is 2.03 bits per heavy atom. The second kappa shape index (κ2) is 10.1. The molecule has 4 N–H and O–H groups in total. The molecular weight excluding hydrogens is 462 g/mol. The maximum atomic E-state index is 13.6. The first-order valence-electron chi connectivity index (χ1n) is 11.9. The maximum absolute atomic E-state index is 13.6. The van der Waals surface area contributed by atoms with E-state index in [-0.39, 0.29) is 19.0 Å². The van der Waals surface area contributed by atoms with Gasteiger partial charge in [0.05, 0.1) is 38.8 Å². The van der Waals surface area contributed by atoms with Crippen molar-refractivity contribution in [2.75, 3.05) is 31.3 Å². The van der Waals surface area contributed by atoms with Gasteiger partial charge in [0.1, 0.15) is 5.75 Å². The Morgan fingerprint density at radius 1 is 1.19 bits per heavy atom. The summed E-state index contributed by atoms with van der Waals surface area (Å²) >= 11 is 0. The van der Waals surface area contributed by atoms with Gasteiger partial charge in [0.25, 0.3) is 0 Å². The number of rotatable bonds is 9. The van der Waals surface area contributed by atoms with Crippen LogP contribution in [0, 0.1) is 5.92 Å². The van der Waals surface area contributed by atoms with Gasteiger partial charge >= 0.3 is 11.4 Å². The van der Waals surface area contributed by atoms with Crippen LogP contribution >= 0.6 is 0 Å². The quantitative estimate of drug-likeness (QED) is 0.410. The van der Waals surface area contributed by atoms with Crippen molar-refractivity contribution >= 4 is 11.9 Å². The van der Waals surface area contributed by atoms with Crippen molar-refractivity contribution in [3.8, 4) is 5.75 Å². The molecule has 0 radical (unpaired) electrons. The van der Waals surface area contributed by atoms with Crippen LogP contribution in [-0.4, -0.2) is 44.3 Å². The fourth-order valence-corrected chi connectivity index (χ4v) is 4.54. The molecule has 3 heterocycles. The van der Waals surface area contributed by atoms with E-state index >= 15 is 0 Å². The number of nitrogens with one attached hydrogen (secondary N) is 2. The van der Waals surface area contributed by atoms with Crippen molar-refractivity contribution in [3.05, 3.63) is 86.2 Å². The Balaban J connectivity index is 1.43. The molecule has 0 bridgehead atoms. The van der Waals surface area contributed by atoms with Gasteiger partial charge in [-0.05, 0) is 42.2 Å². The topological polar surface area (TPSA) is 142 Å².